The molecule has 0 bridgehead atoms. The van der Waals surface area contributed by atoms with E-state index in [1.165, 1.54) is 6.42 Å². The second-order valence-electron chi connectivity index (χ2n) is 5.58. The van der Waals surface area contributed by atoms with Gasteiger partial charge in [-0.3, -0.25) is 0 Å². The third kappa shape index (κ3) is 2.50. The topological polar surface area (TPSA) is 21.3 Å². The zero-order valence-electron chi connectivity index (χ0n) is 11.8. The van der Waals surface area contributed by atoms with E-state index in [-0.39, 0.29) is 5.60 Å². The molecule has 0 unspecified atom stereocenters. The van der Waals surface area contributed by atoms with Crippen molar-refractivity contribution in [1.82, 2.24) is 5.32 Å². The third-order valence-electron chi connectivity index (χ3n) is 4.25. The summed E-state index contributed by atoms with van der Waals surface area (Å²) in [5.41, 5.74) is 0.0135. The van der Waals surface area contributed by atoms with Gasteiger partial charge in [0, 0.05) is 15.8 Å². The maximum atomic E-state index is 6.41. The molecule has 2 aromatic rings. The maximum Gasteiger partial charge on any atom is 0.128 e. The highest BCUT2D eigenvalue weighted by Crippen LogP contribution is 2.42. The Morgan fingerprint density at radius 2 is 1.90 bits per heavy atom. The smallest absolute Gasteiger partial charge is 0.128 e. The highest BCUT2D eigenvalue weighted by Gasteiger charge is 2.39. The second kappa shape index (κ2) is 5.63. The van der Waals surface area contributed by atoms with Crippen molar-refractivity contribution < 1.29 is 4.74 Å². The van der Waals surface area contributed by atoms with Gasteiger partial charge in [0.2, 0.25) is 0 Å². The quantitative estimate of drug-likeness (QED) is 0.880. The van der Waals surface area contributed by atoms with E-state index < -0.39 is 0 Å². The highest BCUT2D eigenvalue weighted by molar-refractivity contribution is 6.35. The molecular formula is C17H20ClNO. The summed E-state index contributed by atoms with van der Waals surface area (Å²) in [5.74, 6) is 0.959. The zero-order chi connectivity index (χ0) is 14.0. The first-order chi connectivity index (χ1) is 9.74. The number of hydrogen-bond donors (Lipinski definition) is 1. The Balaban J connectivity index is 1.92. The summed E-state index contributed by atoms with van der Waals surface area (Å²) >= 11 is 6.27. The standard InChI is InChI=1S/C17H20ClNO/c1-19-12-11-17(9-4-10-17)20-16-8-7-15(18)13-5-2-3-6-14(13)16/h2-3,5-8,19H,4,9-12H2,1H3. The van der Waals surface area contributed by atoms with Crippen LogP contribution in [0.1, 0.15) is 25.7 Å². The van der Waals surface area contributed by atoms with Gasteiger partial charge in [-0.2, -0.15) is 0 Å². The molecule has 0 saturated heterocycles. The molecule has 1 N–H and O–H groups in total. The molecule has 1 saturated carbocycles. The number of benzene rings is 2. The van der Waals surface area contributed by atoms with Gasteiger partial charge >= 0.3 is 0 Å². The summed E-state index contributed by atoms with van der Waals surface area (Å²) in [6.45, 7) is 0.992. The molecule has 1 fully saturated rings. The van der Waals surface area contributed by atoms with Crippen LogP contribution in [0.4, 0.5) is 0 Å². The first kappa shape index (κ1) is 13.7. The predicted molar refractivity (Wildman–Crippen MR) is 84.7 cm³/mol. The molecule has 0 heterocycles. The van der Waals surface area contributed by atoms with E-state index in [0.29, 0.717) is 0 Å². The molecule has 0 spiro atoms. The molecule has 1 aliphatic carbocycles. The van der Waals surface area contributed by atoms with E-state index in [4.69, 9.17) is 16.3 Å². The molecule has 1 aliphatic rings. The van der Waals surface area contributed by atoms with Gasteiger partial charge in [-0.15, -0.1) is 0 Å². The number of halogens is 1. The summed E-state index contributed by atoms with van der Waals surface area (Å²) < 4.78 is 6.41. The fourth-order valence-corrected chi connectivity index (χ4v) is 3.11. The van der Waals surface area contributed by atoms with E-state index in [0.717, 1.165) is 47.4 Å². The number of fused-ring (bicyclic) bond motifs is 1. The van der Waals surface area contributed by atoms with Crippen LogP contribution in [0.5, 0.6) is 5.75 Å². The second-order valence-corrected chi connectivity index (χ2v) is 5.99. The number of rotatable bonds is 5. The Morgan fingerprint density at radius 3 is 2.55 bits per heavy atom. The van der Waals surface area contributed by atoms with Crippen molar-refractivity contribution in [2.45, 2.75) is 31.3 Å². The molecule has 106 valence electrons. The summed E-state index contributed by atoms with van der Waals surface area (Å²) in [7, 11) is 1.99. The molecule has 3 heteroatoms. The minimum Gasteiger partial charge on any atom is -0.487 e. The summed E-state index contributed by atoms with van der Waals surface area (Å²) in [6, 6.07) is 12.1. The average molecular weight is 290 g/mol. The van der Waals surface area contributed by atoms with Crippen molar-refractivity contribution in [3.05, 3.63) is 41.4 Å². The lowest BCUT2D eigenvalue weighted by atomic mass is 9.77. The maximum absolute atomic E-state index is 6.41. The Labute approximate surface area is 125 Å². The van der Waals surface area contributed by atoms with E-state index in [1.54, 1.807) is 0 Å². The summed E-state index contributed by atoms with van der Waals surface area (Å²) in [5, 5.41) is 6.18. The van der Waals surface area contributed by atoms with Gasteiger partial charge in [0.1, 0.15) is 11.4 Å². The molecule has 0 atom stereocenters. The zero-order valence-corrected chi connectivity index (χ0v) is 12.5. The van der Waals surface area contributed by atoms with Crippen molar-refractivity contribution in [1.29, 1.82) is 0 Å². The van der Waals surface area contributed by atoms with Crippen LogP contribution in [-0.4, -0.2) is 19.2 Å². The van der Waals surface area contributed by atoms with Gasteiger partial charge in [0.05, 0.1) is 0 Å². The molecule has 0 aliphatic heterocycles. The van der Waals surface area contributed by atoms with Crippen LogP contribution >= 0.6 is 11.6 Å². The van der Waals surface area contributed by atoms with E-state index in [2.05, 4.69) is 11.4 Å². The first-order valence-electron chi connectivity index (χ1n) is 7.25. The van der Waals surface area contributed by atoms with Crippen LogP contribution in [0.2, 0.25) is 5.02 Å². The molecule has 2 aromatic carbocycles. The van der Waals surface area contributed by atoms with E-state index in [9.17, 15) is 0 Å². The van der Waals surface area contributed by atoms with Crippen molar-refractivity contribution in [3.8, 4) is 5.75 Å². The van der Waals surface area contributed by atoms with Gasteiger partial charge in [-0.05, 0) is 51.4 Å². The lowest BCUT2D eigenvalue weighted by molar-refractivity contribution is -0.0126. The fourth-order valence-electron chi connectivity index (χ4n) is 2.88. The van der Waals surface area contributed by atoms with Gasteiger partial charge in [-0.25, -0.2) is 0 Å². The molecule has 0 aromatic heterocycles. The van der Waals surface area contributed by atoms with Gasteiger partial charge in [-0.1, -0.05) is 35.9 Å². The lowest BCUT2D eigenvalue weighted by Crippen LogP contribution is -2.45. The molecule has 0 amide bonds. The SMILES string of the molecule is CNCCC1(Oc2ccc(Cl)c3ccccc23)CCC1. The molecular weight excluding hydrogens is 270 g/mol. The highest BCUT2D eigenvalue weighted by atomic mass is 35.5. The molecule has 0 radical (unpaired) electrons. The van der Waals surface area contributed by atoms with Crippen LogP contribution in [0.25, 0.3) is 10.8 Å². The molecule has 3 rings (SSSR count). The Hall–Kier alpha value is -1.25. The fraction of sp³-hybridized carbons (Fsp3) is 0.412. The largest absolute Gasteiger partial charge is 0.487 e. The number of ether oxygens (including phenoxy) is 1. The van der Waals surface area contributed by atoms with Crippen molar-refractivity contribution in [2.75, 3.05) is 13.6 Å². The minimum atomic E-state index is 0.0135. The normalized spacial score (nSPS) is 16.9. The Kier molecular flexibility index (Phi) is 3.86. The van der Waals surface area contributed by atoms with E-state index >= 15 is 0 Å². The number of hydrogen-bond acceptors (Lipinski definition) is 2. The molecule has 20 heavy (non-hydrogen) atoms. The van der Waals surface area contributed by atoms with Gasteiger partial charge < -0.3 is 10.1 Å². The predicted octanol–water partition coefficient (Wildman–Crippen LogP) is 4.40. The average Bonchev–Trinajstić information content (AvgIpc) is 2.44. The molecule has 2 nitrogen and oxygen atoms in total. The number of nitrogens with one attached hydrogen (secondary N) is 1. The van der Waals surface area contributed by atoms with Crippen molar-refractivity contribution >= 4 is 22.4 Å². The van der Waals surface area contributed by atoms with Crippen LogP contribution in [0, 0.1) is 0 Å². The summed E-state index contributed by atoms with van der Waals surface area (Å²) in [4.78, 5) is 0. The van der Waals surface area contributed by atoms with E-state index in [1.807, 2.05) is 37.4 Å². The Bertz CT molecular complexity index is 607. The van der Waals surface area contributed by atoms with Crippen molar-refractivity contribution in [3.63, 3.8) is 0 Å². The monoisotopic (exact) mass is 289 g/mol. The third-order valence-corrected chi connectivity index (χ3v) is 4.58. The summed E-state index contributed by atoms with van der Waals surface area (Å²) in [6.07, 6.45) is 4.60. The van der Waals surface area contributed by atoms with Gasteiger partial charge in [0.15, 0.2) is 0 Å². The van der Waals surface area contributed by atoms with Gasteiger partial charge in [0.25, 0.3) is 0 Å². The lowest BCUT2D eigenvalue weighted by Gasteiger charge is -2.42. The minimum absolute atomic E-state index is 0.0135. The van der Waals surface area contributed by atoms with Crippen LogP contribution in [0.15, 0.2) is 36.4 Å². The van der Waals surface area contributed by atoms with Crippen molar-refractivity contribution in [2.24, 2.45) is 0 Å². The van der Waals surface area contributed by atoms with Crippen LogP contribution < -0.4 is 10.1 Å². The van der Waals surface area contributed by atoms with Crippen LogP contribution in [0.3, 0.4) is 0 Å². The van der Waals surface area contributed by atoms with Crippen LogP contribution in [-0.2, 0) is 0 Å². The Morgan fingerprint density at radius 1 is 1.15 bits per heavy atom. The first-order valence-corrected chi connectivity index (χ1v) is 7.63.